The average molecular weight is 274 g/mol. The Kier molecular flexibility index (Phi) is 5.57. The van der Waals surface area contributed by atoms with Gasteiger partial charge in [0.25, 0.3) is 0 Å². The van der Waals surface area contributed by atoms with Gasteiger partial charge in [-0.3, -0.25) is 0 Å². The van der Waals surface area contributed by atoms with Crippen LogP contribution in [0.4, 0.5) is 4.39 Å². The minimum Gasteiger partial charge on any atom is -0.377 e. The van der Waals surface area contributed by atoms with Gasteiger partial charge >= 0.3 is 0 Å². The molecule has 1 aromatic carbocycles. The number of hydrogen-bond donors (Lipinski definition) is 1. The van der Waals surface area contributed by atoms with E-state index >= 15 is 0 Å². The van der Waals surface area contributed by atoms with Crippen LogP contribution >= 0.6 is 11.6 Å². The molecule has 0 saturated heterocycles. The molecule has 4 heteroatoms. The molecular weight excluding hydrogens is 253 g/mol. The van der Waals surface area contributed by atoms with Crippen molar-refractivity contribution in [3.8, 4) is 0 Å². The van der Waals surface area contributed by atoms with Gasteiger partial charge in [-0.25, -0.2) is 4.39 Å². The monoisotopic (exact) mass is 273 g/mol. The molecule has 0 aliphatic heterocycles. The maximum atomic E-state index is 13.9. The molecular formula is C14H21ClFNO. The van der Waals surface area contributed by atoms with Crippen molar-refractivity contribution in [3.05, 3.63) is 34.6 Å². The van der Waals surface area contributed by atoms with Crippen molar-refractivity contribution in [3.63, 3.8) is 0 Å². The Labute approximate surface area is 113 Å². The van der Waals surface area contributed by atoms with E-state index in [1.807, 2.05) is 14.0 Å². The van der Waals surface area contributed by atoms with E-state index in [-0.39, 0.29) is 22.5 Å². The first-order valence-corrected chi connectivity index (χ1v) is 6.51. The zero-order valence-corrected chi connectivity index (χ0v) is 12.1. The van der Waals surface area contributed by atoms with Gasteiger partial charge in [0.15, 0.2) is 0 Å². The zero-order valence-electron chi connectivity index (χ0n) is 11.4. The molecule has 1 aromatic rings. The second kappa shape index (κ2) is 6.50. The number of likely N-dealkylation sites (N-methyl/N-ethyl adjacent to an activating group) is 1. The minimum absolute atomic E-state index is 0.0282. The summed E-state index contributed by atoms with van der Waals surface area (Å²) in [6, 6.07) is 5.12. The molecule has 0 fully saturated rings. The lowest BCUT2D eigenvalue weighted by Gasteiger charge is -2.35. The maximum absolute atomic E-state index is 13.9. The molecule has 2 atom stereocenters. The third kappa shape index (κ3) is 3.22. The van der Waals surface area contributed by atoms with Crippen LogP contribution in [0.2, 0.25) is 5.02 Å². The van der Waals surface area contributed by atoms with Crippen molar-refractivity contribution < 1.29 is 9.13 Å². The molecule has 102 valence electrons. The number of rotatable bonds is 6. The van der Waals surface area contributed by atoms with Crippen LogP contribution in [-0.4, -0.2) is 25.8 Å². The fraction of sp³-hybridized carbons (Fsp3) is 0.571. The highest BCUT2D eigenvalue weighted by Crippen LogP contribution is 2.25. The van der Waals surface area contributed by atoms with E-state index in [2.05, 4.69) is 12.2 Å². The van der Waals surface area contributed by atoms with Gasteiger partial charge in [0, 0.05) is 13.2 Å². The molecule has 0 aromatic heterocycles. The largest absolute Gasteiger partial charge is 0.377 e. The normalized spacial score (nSPS) is 16.3. The molecule has 2 unspecified atom stereocenters. The van der Waals surface area contributed by atoms with Crippen molar-refractivity contribution in [1.82, 2.24) is 5.32 Å². The molecule has 0 bridgehead atoms. The molecule has 0 spiro atoms. The first-order chi connectivity index (χ1) is 8.48. The Balaban J connectivity index is 2.96. The van der Waals surface area contributed by atoms with E-state index in [4.69, 9.17) is 16.3 Å². The first-order valence-electron chi connectivity index (χ1n) is 6.13. The van der Waals surface area contributed by atoms with Gasteiger partial charge in [-0.1, -0.05) is 30.7 Å². The smallest absolute Gasteiger partial charge is 0.145 e. The summed E-state index contributed by atoms with van der Waals surface area (Å²) < 4.78 is 19.5. The van der Waals surface area contributed by atoms with Crippen LogP contribution in [0.3, 0.4) is 0 Å². The highest BCUT2D eigenvalue weighted by molar-refractivity contribution is 6.30. The van der Waals surface area contributed by atoms with Crippen molar-refractivity contribution in [2.45, 2.75) is 38.3 Å². The standard InChI is InChI=1S/C14H21ClFNO/c1-5-14(2,18-4)12(17-3)9-10-7-6-8-11(15)13(10)16/h6-8,12,17H,5,9H2,1-4H3. The van der Waals surface area contributed by atoms with E-state index in [0.29, 0.717) is 12.0 Å². The lowest BCUT2D eigenvalue weighted by atomic mass is 9.88. The molecule has 1 rings (SSSR count). The molecule has 0 radical (unpaired) electrons. The van der Waals surface area contributed by atoms with Gasteiger partial charge in [-0.05, 0) is 38.4 Å². The molecule has 0 aliphatic carbocycles. The topological polar surface area (TPSA) is 21.3 Å². The van der Waals surface area contributed by atoms with E-state index in [1.165, 1.54) is 0 Å². The van der Waals surface area contributed by atoms with Crippen molar-refractivity contribution in [1.29, 1.82) is 0 Å². The van der Waals surface area contributed by atoms with Gasteiger partial charge in [0.2, 0.25) is 0 Å². The van der Waals surface area contributed by atoms with Gasteiger partial charge in [-0.15, -0.1) is 0 Å². The Hall–Kier alpha value is -0.640. The average Bonchev–Trinajstić information content (AvgIpc) is 2.39. The lowest BCUT2D eigenvalue weighted by molar-refractivity contribution is -0.0270. The van der Waals surface area contributed by atoms with E-state index in [9.17, 15) is 4.39 Å². The number of nitrogens with one attached hydrogen (secondary N) is 1. The Morgan fingerprint density at radius 1 is 1.50 bits per heavy atom. The van der Waals surface area contributed by atoms with Crippen LogP contribution in [0.5, 0.6) is 0 Å². The third-order valence-electron chi connectivity index (χ3n) is 3.71. The summed E-state index contributed by atoms with van der Waals surface area (Å²) in [5.74, 6) is -0.339. The summed E-state index contributed by atoms with van der Waals surface area (Å²) in [6.45, 7) is 4.08. The molecule has 1 N–H and O–H groups in total. The van der Waals surface area contributed by atoms with Crippen LogP contribution in [-0.2, 0) is 11.2 Å². The van der Waals surface area contributed by atoms with Gasteiger partial charge in [0.05, 0.1) is 10.6 Å². The molecule has 18 heavy (non-hydrogen) atoms. The van der Waals surface area contributed by atoms with Crippen molar-refractivity contribution >= 4 is 11.6 Å². The fourth-order valence-electron chi connectivity index (χ4n) is 2.08. The predicted molar refractivity (Wildman–Crippen MR) is 73.7 cm³/mol. The number of hydrogen-bond acceptors (Lipinski definition) is 2. The van der Waals surface area contributed by atoms with Crippen LogP contribution in [0.1, 0.15) is 25.8 Å². The zero-order chi connectivity index (χ0) is 13.8. The fourth-order valence-corrected chi connectivity index (χ4v) is 2.28. The highest BCUT2D eigenvalue weighted by Gasteiger charge is 2.32. The molecule has 0 saturated carbocycles. The first kappa shape index (κ1) is 15.4. The van der Waals surface area contributed by atoms with Crippen LogP contribution in [0, 0.1) is 5.82 Å². The van der Waals surface area contributed by atoms with Crippen LogP contribution < -0.4 is 5.32 Å². The second-order valence-electron chi connectivity index (χ2n) is 4.63. The van der Waals surface area contributed by atoms with Gasteiger partial charge in [-0.2, -0.15) is 0 Å². The maximum Gasteiger partial charge on any atom is 0.145 e. The Morgan fingerprint density at radius 3 is 2.67 bits per heavy atom. The van der Waals surface area contributed by atoms with Crippen LogP contribution in [0.15, 0.2) is 18.2 Å². The summed E-state index contributed by atoms with van der Waals surface area (Å²) in [5.41, 5.74) is 0.280. The van der Waals surface area contributed by atoms with Crippen LogP contribution in [0.25, 0.3) is 0 Å². The summed E-state index contributed by atoms with van der Waals surface area (Å²) >= 11 is 5.80. The lowest BCUT2D eigenvalue weighted by Crippen LogP contribution is -2.49. The Bertz CT molecular complexity index is 393. The third-order valence-corrected chi connectivity index (χ3v) is 4.00. The van der Waals surface area contributed by atoms with Gasteiger partial charge in [0.1, 0.15) is 5.82 Å². The molecule has 0 amide bonds. The summed E-state index contributed by atoms with van der Waals surface area (Å²) in [6.07, 6.45) is 1.39. The second-order valence-corrected chi connectivity index (χ2v) is 5.04. The number of methoxy groups -OCH3 is 1. The SMILES string of the molecule is CCC(C)(OC)C(Cc1cccc(Cl)c1F)NC. The highest BCUT2D eigenvalue weighted by atomic mass is 35.5. The van der Waals surface area contributed by atoms with Gasteiger partial charge < -0.3 is 10.1 Å². The Morgan fingerprint density at radius 2 is 2.17 bits per heavy atom. The van der Waals surface area contributed by atoms with E-state index in [1.54, 1.807) is 25.3 Å². The van der Waals surface area contributed by atoms with Crippen molar-refractivity contribution in [2.75, 3.05) is 14.2 Å². The molecule has 0 heterocycles. The van der Waals surface area contributed by atoms with E-state index < -0.39 is 0 Å². The quantitative estimate of drug-likeness (QED) is 0.857. The van der Waals surface area contributed by atoms with E-state index in [0.717, 1.165) is 6.42 Å². The number of halogens is 2. The number of ether oxygens (including phenoxy) is 1. The summed E-state index contributed by atoms with van der Waals surface area (Å²) in [7, 11) is 3.54. The molecule has 0 aliphatic rings. The summed E-state index contributed by atoms with van der Waals surface area (Å²) in [5, 5.41) is 3.37. The van der Waals surface area contributed by atoms with Crippen molar-refractivity contribution in [2.24, 2.45) is 0 Å². The number of benzene rings is 1. The minimum atomic E-state index is -0.339. The predicted octanol–water partition coefficient (Wildman–Crippen LogP) is 3.42. The summed E-state index contributed by atoms with van der Waals surface area (Å²) in [4.78, 5) is 0. The molecule has 2 nitrogen and oxygen atoms in total.